The summed E-state index contributed by atoms with van der Waals surface area (Å²) in [6.07, 6.45) is 5.81. The van der Waals surface area contributed by atoms with E-state index in [0.29, 0.717) is 0 Å². The van der Waals surface area contributed by atoms with E-state index in [1.165, 1.54) is 16.4 Å². The summed E-state index contributed by atoms with van der Waals surface area (Å²) in [5.74, 6) is 0.996. The Morgan fingerprint density at radius 2 is 2.35 bits per heavy atom. The van der Waals surface area contributed by atoms with Crippen LogP contribution in [0.5, 0.6) is 0 Å². The first kappa shape index (κ1) is 12.2. The number of nitrogens with zero attached hydrogens (tertiary/aromatic N) is 4. The van der Waals surface area contributed by atoms with Gasteiger partial charge in [-0.2, -0.15) is 0 Å². The van der Waals surface area contributed by atoms with E-state index in [2.05, 4.69) is 26.8 Å². The molecule has 0 aliphatic carbocycles. The Morgan fingerprint density at radius 1 is 1.53 bits per heavy atom. The minimum Gasteiger partial charge on any atom is -0.336 e. The number of imidazole rings is 1. The monoisotopic (exact) mass is 251 g/mol. The van der Waals surface area contributed by atoms with E-state index in [9.17, 15) is 0 Å². The zero-order chi connectivity index (χ0) is 12.3. The van der Waals surface area contributed by atoms with Crippen LogP contribution in [0.4, 0.5) is 0 Å². The lowest BCUT2D eigenvalue weighted by Crippen LogP contribution is -2.21. The average Bonchev–Trinajstić information content (AvgIpc) is 2.92. The van der Waals surface area contributed by atoms with Gasteiger partial charge < -0.3 is 9.88 Å². The van der Waals surface area contributed by atoms with Crippen molar-refractivity contribution >= 4 is 11.5 Å². The van der Waals surface area contributed by atoms with Gasteiger partial charge in [0.05, 0.1) is 10.6 Å². The maximum absolute atomic E-state index is 4.40. The van der Waals surface area contributed by atoms with Gasteiger partial charge in [-0.25, -0.2) is 4.98 Å². The summed E-state index contributed by atoms with van der Waals surface area (Å²) in [6, 6.07) is 0.0801. The van der Waals surface area contributed by atoms with Gasteiger partial charge in [0, 0.05) is 19.4 Å². The number of aromatic nitrogens is 4. The highest BCUT2D eigenvalue weighted by Gasteiger charge is 2.22. The fourth-order valence-corrected chi connectivity index (χ4v) is 2.68. The number of hydrogen-bond acceptors (Lipinski definition) is 5. The van der Waals surface area contributed by atoms with Crippen LogP contribution < -0.4 is 5.32 Å². The Labute approximate surface area is 105 Å². The normalized spacial score (nSPS) is 12.9. The maximum atomic E-state index is 4.40. The number of nitrogens with one attached hydrogen (secondary N) is 1. The van der Waals surface area contributed by atoms with Gasteiger partial charge in [-0.05, 0) is 25.0 Å². The van der Waals surface area contributed by atoms with Gasteiger partial charge in [0.2, 0.25) is 0 Å². The van der Waals surface area contributed by atoms with E-state index < -0.39 is 0 Å². The number of rotatable bonds is 5. The lowest BCUT2D eigenvalue weighted by Gasteiger charge is -2.14. The molecule has 5 nitrogen and oxygen atoms in total. The smallest absolute Gasteiger partial charge is 0.131 e. The molecule has 2 heterocycles. The van der Waals surface area contributed by atoms with Gasteiger partial charge in [-0.3, -0.25) is 0 Å². The van der Waals surface area contributed by atoms with Crippen LogP contribution in [0.25, 0.3) is 0 Å². The van der Waals surface area contributed by atoms with E-state index in [4.69, 9.17) is 0 Å². The largest absolute Gasteiger partial charge is 0.336 e. The van der Waals surface area contributed by atoms with Crippen molar-refractivity contribution in [1.29, 1.82) is 0 Å². The van der Waals surface area contributed by atoms with Gasteiger partial charge in [0.25, 0.3) is 0 Å². The molecule has 2 rings (SSSR count). The van der Waals surface area contributed by atoms with Crippen LogP contribution >= 0.6 is 11.5 Å². The molecule has 1 atom stereocenters. The summed E-state index contributed by atoms with van der Waals surface area (Å²) in [4.78, 5) is 5.57. The lowest BCUT2D eigenvalue weighted by atomic mass is 10.1. The van der Waals surface area contributed by atoms with Crippen molar-refractivity contribution in [3.63, 3.8) is 0 Å². The van der Waals surface area contributed by atoms with Crippen molar-refractivity contribution in [2.75, 3.05) is 7.05 Å². The van der Waals surface area contributed by atoms with E-state index in [1.54, 1.807) is 0 Å². The van der Waals surface area contributed by atoms with Crippen molar-refractivity contribution < 1.29 is 0 Å². The fraction of sp³-hybridized carbons (Fsp3) is 0.545. The molecule has 1 unspecified atom stereocenters. The first-order chi connectivity index (χ1) is 8.27. The Morgan fingerprint density at radius 3 is 2.94 bits per heavy atom. The molecular weight excluding hydrogens is 234 g/mol. The van der Waals surface area contributed by atoms with Gasteiger partial charge in [-0.15, -0.1) is 5.10 Å². The molecular formula is C11H17N5S. The quantitative estimate of drug-likeness (QED) is 0.875. The molecule has 0 bridgehead atoms. The lowest BCUT2D eigenvalue weighted by molar-refractivity contribution is 0.618. The van der Waals surface area contributed by atoms with Gasteiger partial charge in [0.1, 0.15) is 11.9 Å². The van der Waals surface area contributed by atoms with E-state index in [-0.39, 0.29) is 6.04 Å². The third kappa shape index (κ3) is 2.37. The molecule has 17 heavy (non-hydrogen) atoms. The Balaban J connectivity index is 2.35. The molecule has 0 radical (unpaired) electrons. The van der Waals surface area contributed by atoms with Crippen LogP contribution in [-0.2, 0) is 13.5 Å². The predicted molar refractivity (Wildman–Crippen MR) is 68.0 cm³/mol. The fourth-order valence-electron chi connectivity index (χ4n) is 1.88. The SMILES string of the molecule is CCCc1nnsc1C(NC)c1nccn1C. The van der Waals surface area contributed by atoms with E-state index in [1.807, 2.05) is 31.1 Å². The van der Waals surface area contributed by atoms with E-state index in [0.717, 1.165) is 24.4 Å². The predicted octanol–water partition coefficient (Wildman–Crippen LogP) is 1.53. The Hall–Kier alpha value is -1.27. The molecule has 6 heteroatoms. The van der Waals surface area contributed by atoms with Gasteiger partial charge >= 0.3 is 0 Å². The Kier molecular flexibility index (Phi) is 3.86. The maximum Gasteiger partial charge on any atom is 0.131 e. The van der Waals surface area contributed by atoms with Crippen LogP contribution in [0.15, 0.2) is 12.4 Å². The minimum atomic E-state index is 0.0801. The van der Waals surface area contributed by atoms with Gasteiger partial charge in [-0.1, -0.05) is 17.8 Å². The van der Waals surface area contributed by atoms with Crippen LogP contribution in [-0.4, -0.2) is 26.2 Å². The summed E-state index contributed by atoms with van der Waals surface area (Å²) < 4.78 is 6.09. The number of hydrogen-bond donors (Lipinski definition) is 1. The third-order valence-electron chi connectivity index (χ3n) is 2.74. The highest BCUT2D eigenvalue weighted by Crippen LogP contribution is 2.26. The molecule has 0 spiro atoms. The van der Waals surface area contributed by atoms with Crippen LogP contribution in [0.3, 0.4) is 0 Å². The van der Waals surface area contributed by atoms with Crippen molar-refractivity contribution in [3.05, 3.63) is 28.8 Å². The molecule has 0 fully saturated rings. The highest BCUT2D eigenvalue weighted by molar-refractivity contribution is 7.05. The molecule has 0 aliphatic rings. The molecule has 0 saturated carbocycles. The molecule has 0 amide bonds. The molecule has 2 aromatic heterocycles. The van der Waals surface area contributed by atoms with Crippen LogP contribution in [0.1, 0.15) is 35.8 Å². The molecule has 92 valence electrons. The summed E-state index contributed by atoms with van der Waals surface area (Å²) in [6.45, 7) is 2.15. The van der Waals surface area contributed by atoms with Crippen molar-refractivity contribution in [3.8, 4) is 0 Å². The second-order valence-electron chi connectivity index (χ2n) is 3.95. The highest BCUT2D eigenvalue weighted by atomic mass is 32.1. The molecule has 0 saturated heterocycles. The first-order valence-corrected chi connectivity index (χ1v) is 6.50. The van der Waals surface area contributed by atoms with E-state index >= 15 is 0 Å². The van der Waals surface area contributed by atoms with Crippen molar-refractivity contribution in [1.82, 2.24) is 24.5 Å². The molecule has 0 aliphatic heterocycles. The topological polar surface area (TPSA) is 55.6 Å². The van der Waals surface area contributed by atoms with Crippen molar-refractivity contribution in [2.45, 2.75) is 25.8 Å². The minimum absolute atomic E-state index is 0.0801. The summed E-state index contributed by atoms with van der Waals surface area (Å²) in [5, 5.41) is 7.50. The third-order valence-corrected chi connectivity index (χ3v) is 3.57. The zero-order valence-electron chi connectivity index (χ0n) is 10.3. The van der Waals surface area contributed by atoms with Gasteiger partial charge in [0.15, 0.2) is 0 Å². The Bertz CT molecular complexity index is 476. The average molecular weight is 251 g/mol. The second-order valence-corrected chi connectivity index (χ2v) is 4.74. The van der Waals surface area contributed by atoms with Crippen LogP contribution in [0, 0.1) is 0 Å². The molecule has 0 aromatic carbocycles. The zero-order valence-corrected chi connectivity index (χ0v) is 11.2. The summed E-state index contributed by atoms with van der Waals surface area (Å²) in [5.41, 5.74) is 1.08. The van der Waals surface area contributed by atoms with Crippen LogP contribution in [0.2, 0.25) is 0 Å². The summed E-state index contributed by atoms with van der Waals surface area (Å²) >= 11 is 1.45. The summed E-state index contributed by atoms with van der Waals surface area (Å²) in [7, 11) is 3.94. The van der Waals surface area contributed by atoms with Crippen molar-refractivity contribution in [2.24, 2.45) is 7.05 Å². The standard InChI is InChI=1S/C11H17N5S/c1-4-5-8-10(17-15-14-8)9(12-2)11-13-6-7-16(11)3/h6-7,9,12H,4-5H2,1-3H3. The molecule has 1 N–H and O–H groups in total. The molecule has 2 aromatic rings. The first-order valence-electron chi connectivity index (χ1n) is 5.73. The number of aryl methyl sites for hydroxylation is 2. The second kappa shape index (κ2) is 5.37.